The average Bonchev–Trinajstić information content (AvgIpc) is 2.33. The number of nitrogens with zero attached hydrogens (tertiary/aromatic N) is 2. The third-order valence-electron chi connectivity index (χ3n) is 3.25. The lowest BCUT2D eigenvalue weighted by atomic mass is 10.0. The van der Waals surface area contributed by atoms with Gasteiger partial charge in [0.2, 0.25) is 0 Å². The van der Waals surface area contributed by atoms with Gasteiger partial charge in [0.1, 0.15) is 5.84 Å². The standard InChI is InChI=1S/C16H28N4/c1-12(2)11-20(10-9-19(4)5)15-13(3)7-6-8-14(15)16(17)18/h6-8,12H,9-11H2,1-5H3,(H3,17,18). The van der Waals surface area contributed by atoms with E-state index in [1.807, 2.05) is 12.1 Å². The molecule has 0 amide bonds. The summed E-state index contributed by atoms with van der Waals surface area (Å²) in [4.78, 5) is 4.54. The van der Waals surface area contributed by atoms with Gasteiger partial charge in [-0.15, -0.1) is 0 Å². The van der Waals surface area contributed by atoms with Crippen molar-refractivity contribution in [3.8, 4) is 0 Å². The fourth-order valence-electron chi connectivity index (χ4n) is 2.35. The van der Waals surface area contributed by atoms with E-state index in [0.29, 0.717) is 5.92 Å². The van der Waals surface area contributed by atoms with Crippen LogP contribution in [0.15, 0.2) is 18.2 Å². The number of nitrogen functional groups attached to an aromatic ring is 1. The fourth-order valence-corrected chi connectivity index (χ4v) is 2.35. The van der Waals surface area contributed by atoms with Gasteiger partial charge < -0.3 is 15.5 Å². The van der Waals surface area contributed by atoms with Gasteiger partial charge in [-0.05, 0) is 38.6 Å². The van der Waals surface area contributed by atoms with Crippen molar-refractivity contribution in [1.29, 1.82) is 5.41 Å². The highest BCUT2D eigenvalue weighted by Crippen LogP contribution is 2.25. The lowest BCUT2D eigenvalue weighted by Crippen LogP contribution is -2.36. The molecule has 20 heavy (non-hydrogen) atoms. The van der Waals surface area contributed by atoms with Crippen LogP contribution in [0.4, 0.5) is 5.69 Å². The number of benzene rings is 1. The van der Waals surface area contributed by atoms with Crippen LogP contribution in [-0.4, -0.2) is 44.5 Å². The van der Waals surface area contributed by atoms with Gasteiger partial charge in [0.25, 0.3) is 0 Å². The quantitative estimate of drug-likeness (QED) is 0.593. The minimum absolute atomic E-state index is 0.141. The maximum atomic E-state index is 7.81. The van der Waals surface area contributed by atoms with Crippen LogP contribution in [0.1, 0.15) is 25.0 Å². The average molecular weight is 276 g/mol. The SMILES string of the molecule is Cc1cccc(C(=N)N)c1N(CCN(C)C)CC(C)C. The molecule has 0 aromatic heterocycles. The van der Waals surface area contributed by atoms with E-state index in [2.05, 4.69) is 50.7 Å². The number of rotatable bonds is 7. The van der Waals surface area contributed by atoms with Crippen molar-refractivity contribution < 1.29 is 0 Å². The first-order valence-electron chi connectivity index (χ1n) is 7.16. The molecule has 4 heteroatoms. The molecule has 112 valence electrons. The molecule has 0 fully saturated rings. The van der Waals surface area contributed by atoms with E-state index in [4.69, 9.17) is 11.1 Å². The van der Waals surface area contributed by atoms with E-state index in [-0.39, 0.29) is 5.84 Å². The number of hydrogen-bond acceptors (Lipinski definition) is 3. The Morgan fingerprint density at radius 2 is 1.90 bits per heavy atom. The maximum Gasteiger partial charge on any atom is 0.124 e. The number of aryl methyl sites for hydroxylation is 1. The van der Waals surface area contributed by atoms with Crippen LogP contribution >= 0.6 is 0 Å². The Labute approximate surface area is 123 Å². The highest BCUT2D eigenvalue weighted by molar-refractivity contribution is 6.01. The second-order valence-corrected chi connectivity index (χ2v) is 6.03. The molecular weight excluding hydrogens is 248 g/mol. The Balaban J connectivity index is 3.14. The van der Waals surface area contributed by atoms with Crippen LogP contribution in [0.2, 0.25) is 0 Å². The molecule has 1 aromatic carbocycles. The zero-order chi connectivity index (χ0) is 15.3. The Kier molecular flexibility index (Phi) is 6.02. The first-order valence-corrected chi connectivity index (χ1v) is 7.16. The summed E-state index contributed by atoms with van der Waals surface area (Å²) in [6.45, 7) is 9.42. The summed E-state index contributed by atoms with van der Waals surface area (Å²) >= 11 is 0. The van der Waals surface area contributed by atoms with Gasteiger partial charge in [-0.2, -0.15) is 0 Å². The lowest BCUT2D eigenvalue weighted by molar-refractivity contribution is 0.409. The molecule has 0 atom stereocenters. The van der Waals surface area contributed by atoms with Crippen molar-refractivity contribution >= 4 is 11.5 Å². The van der Waals surface area contributed by atoms with Crippen molar-refractivity contribution in [2.75, 3.05) is 38.6 Å². The van der Waals surface area contributed by atoms with Gasteiger partial charge in [0.05, 0.1) is 5.69 Å². The summed E-state index contributed by atoms with van der Waals surface area (Å²) in [7, 11) is 4.16. The van der Waals surface area contributed by atoms with Crippen LogP contribution in [0, 0.1) is 18.3 Å². The predicted molar refractivity (Wildman–Crippen MR) is 87.8 cm³/mol. The van der Waals surface area contributed by atoms with Crippen molar-refractivity contribution in [2.24, 2.45) is 11.7 Å². The third-order valence-corrected chi connectivity index (χ3v) is 3.25. The molecule has 4 nitrogen and oxygen atoms in total. The third kappa shape index (κ3) is 4.53. The summed E-state index contributed by atoms with van der Waals surface area (Å²) in [5, 5.41) is 7.81. The Morgan fingerprint density at radius 1 is 1.25 bits per heavy atom. The summed E-state index contributed by atoms with van der Waals surface area (Å²) in [5.74, 6) is 0.707. The largest absolute Gasteiger partial charge is 0.384 e. The Hall–Kier alpha value is -1.55. The molecule has 1 aromatic rings. The van der Waals surface area contributed by atoms with Gasteiger partial charge in [-0.3, -0.25) is 5.41 Å². The number of nitrogens with one attached hydrogen (secondary N) is 1. The molecule has 0 saturated carbocycles. The van der Waals surface area contributed by atoms with E-state index in [1.54, 1.807) is 0 Å². The molecule has 0 radical (unpaired) electrons. The summed E-state index contributed by atoms with van der Waals surface area (Å²) in [6, 6.07) is 5.99. The van der Waals surface area contributed by atoms with Gasteiger partial charge in [0.15, 0.2) is 0 Å². The second kappa shape index (κ2) is 7.29. The topological polar surface area (TPSA) is 56.4 Å². The van der Waals surface area contributed by atoms with Crippen molar-refractivity contribution in [3.63, 3.8) is 0 Å². The van der Waals surface area contributed by atoms with Crippen LogP contribution in [0.5, 0.6) is 0 Å². The zero-order valence-corrected chi connectivity index (χ0v) is 13.4. The van der Waals surface area contributed by atoms with E-state index >= 15 is 0 Å². The zero-order valence-electron chi connectivity index (χ0n) is 13.4. The molecule has 1 rings (SSSR count). The summed E-state index contributed by atoms with van der Waals surface area (Å²) in [5.41, 5.74) is 8.88. The minimum atomic E-state index is 0.141. The predicted octanol–water partition coefficient (Wildman–Crippen LogP) is 2.30. The number of amidine groups is 1. The lowest BCUT2D eigenvalue weighted by Gasteiger charge is -2.31. The highest BCUT2D eigenvalue weighted by atomic mass is 15.2. The summed E-state index contributed by atoms with van der Waals surface area (Å²) < 4.78 is 0. The first-order chi connectivity index (χ1) is 9.32. The molecule has 0 heterocycles. The molecule has 0 saturated heterocycles. The number of anilines is 1. The van der Waals surface area contributed by atoms with Gasteiger partial charge >= 0.3 is 0 Å². The van der Waals surface area contributed by atoms with E-state index in [0.717, 1.165) is 30.9 Å². The smallest absolute Gasteiger partial charge is 0.124 e. The van der Waals surface area contributed by atoms with Crippen LogP contribution in [-0.2, 0) is 0 Å². The Bertz CT molecular complexity index is 452. The van der Waals surface area contributed by atoms with Crippen molar-refractivity contribution in [1.82, 2.24) is 4.90 Å². The van der Waals surface area contributed by atoms with Gasteiger partial charge in [-0.1, -0.05) is 26.0 Å². The molecule has 3 N–H and O–H groups in total. The number of hydrogen-bond donors (Lipinski definition) is 2. The van der Waals surface area contributed by atoms with Crippen LogP contribution in [0.3, 0.4) is 0 Å². The molecule has 0 spiro atoms. The minimum Gasteiger partial charge on any atom is -0.384 e. The fraction of sp³-hybridized carbons (Fsp3) is 0.562. The number of likely N-dealkylation sites (N-methyl/N-ethyl adjacent to an activating group) is 1. The number of nitrogens with two attached hydrogens (primary N) is 1. The molecule has 0 unspecified atom stereocenters. The van der Waals surface area contributed by atoms with Crippen molar-refractivity contribution in [2.45, 2.75) is 20.8 Å². The second-order valence-electron chi connectivity index (χ2n) is 6.03. The molecule has 0 aliphatic heterocycles. The van der Waals surface area contributed by atoms with E-state index in [9.17, 15) is 0 Å². The van der Waals surface area contributed by atoms with E-state index in [1.165, 1.54) is 5.56 Å². The maximum absolute atomic E-state index is 7.81. The van der Waals surface area contributed by atoms with Crippen molar-refractivity contribution in [3.05, 3.63) is 29.3 Å². The molecule has 0 aliphatic rings. The highest BCUT2D eigenvalue weighted by Gasteiger charge is 2.16. The van der Waals surface area contributed by atoms with Gasteiger partial charge in [-0.25, -0.2) is 0 Å². The van der Waals surface area contributed by atoms with Crippen LogP contribution in [0.25, 0.3) is 0 Å². The normalized spacial score (nSPS) is 11.2. The van der Waals surface area contributed by atoms with Crippen LogP contribution < -0.4 is 10.6 Å². The van der Waals surface area contributed by atoms with E-state index < -0.39 is 0 Å². The van der Waals surface area contributed by atoms with Gasteiger partial charge in [0, 0.05) is 25.2 Å². The number of para-hydroxylation sites is 1. The first kappa shape index (κ1) is 16.5. The molecular formula is C16H28N4. The monoisotopic (exact) mass is 276 g/mol. The molecule has 0 bridgehead atoms. The Morgan fingerprint density at radius 3 is 2.40 bits per heavy atom. The molecule has 0 aliphatic carbocycles. The summed E-state index contributed by atoms with van der Waals surface area (Å²) in [6.07, 6.45) is 0.